The van der Waals surface area contributed by atoms with Crippen molar-refractivity contribution >= 4 is 5.97 Å². The van der Waals surface area contributed by atoms with Crippen molar-refractivity contribution in [3.05, 3.63) is 0 Å². The summed E-state index contributed by atoms with van der Waals surface area (Å²) >= 11 is 0. The molecule has 0 heterocycles. The summed E-state index contributed by atoms with van der Waals surface area (Å²) in [5.74, 6) is -0.426. The molecule has 2 atom stereocenters. The largest absolute Gasteiger partial charge is 0.459 e. The van der Waals surface area contributed by atoms with Crippen LogP contribution >= 0.6 is 0 Å². The van der Waals surface area contributed by atoms with Gasteiger partial charge in [0.25, 0.3) is 0 Å². The standard InChI is InChI=1S/C9H19NO3/c1-6(11)7(10-5)8(12)13-9(2,3)4/h6-7,10-11H,1-5H3/t6-,7+/m1/s1. The lowest BCUT2D eigenvalue weighted by Gasteiger charge is -2.24. The van der Waals surface area contributed by atoms with Crippen LogP contribution in [0.2, 0.25) is 0 Å². The highest BCUT2D eigenvalue weighted by Crippen LogP contribution is 2.09. The van der Waals surface area contributed by atoms with Crippen molar-refractivity contribution in [3.63, 3.8) is 0 Å². The van der Waals surface area contributed by atoms with Crippen LogP contribution in [-0.2, 0) is 9.53 Å². The summed E-state index contributed by atoms with van der Waals surface area (Å²) in [5, 5.41) is 11.9. The lowest BCUT2D eigenvalue weighted by Crippen LogP contribution is -2.46. The minimum absolute atomic E-state index is 0.426. The van der Waals surface area contributed by atoms with E-state index >= 15 is 0 Å². The van der Waals surface area contributed by atoms with Crippen LogP contribution in [0.3, 0.4) is 0 Å². The van der Waals surface area contributed by atoms with Gasteiger partial charge in [-0.25, -0.2) is 0 Å². The van der Waals surface area contributed by atoms with Crippen LogP contribution in [0, 0.1) is 0 Å². The minimum atomic E-state index is -0.750. The summed E-state index contributed by atoms with van der Waals surface area (Å²) in [6.45, 7) is 6.92. The van der Waals surface area contributed by atoms with E-state index in [9.17, 15) is 9.90 Å². The Kier molecular flexibility index (Phi) is 4.36. The van der Waals surface area contributed by atoms with Gasteiger partial charge in [-0.05, 0) is 34.7 Å². The van der Waals surface area contributed by atoms with Crippen molar-refractivity contribution < 1.29 is 14.6 Å². The molecule has 0 radical (unpaired) electrons. The van der Waals surface area contributed by atoms with E-state index in [2.05, 4.69) is 5.32 Å². The predicted molar refractivity (Wildman–Crippen MR) is 50.4 cm³/mol. The highest BCUT2D eigenvalue weighted by Gasteiger charge is 2.27. The van der Waals surface area contributed by atoms with E-state index in [1.54, 1.807) is 34.7 Å². The molecule has 4 nitrogen and oxygen atoms in total. The van der Waals surface area contributed by atoms with E-state index in [0.717, 1.165) is 0 Å². The molecule has 0 aliphatic heterocycles. The van der Waals surface area contributed by atoms with Crippen LogP contribution < -0.4 is 5.32 Å². The molecule has 0 aromatic rings. The summed E-state index contributed by atoms with van der Waals surface area (Å²) < 4.78 is 5.09. The number of carbonyl (C=O) groups excluding carboxylic acids is 1. The maximum Gasteiger partial charge on any atom is 0.326 e. The molecule has 0 amide bonds. The lowest BCUT2D eigenvalue weighted by molar-refractivity contribution is -0.160. The zero-order chi connectivity index (χ0) is 10.6. The number of likely N-dealkylation sites (N-methyl/N-ethyl adjacent to an activating group) is 1. The smallest absolute Gasteiger partial charge is 0.326 e. The second-order valence-electron chi connectivity index (χ2n) is 4.04. The highest BCUT2D eigenvalue weighted by molar-refractivity contribution is 5.76. The first-order valence-electron chi connectivity index (χ1n) is 4.36. The fourth-order valence-electron chi connectivity index (χ4n) is 0.921. The Morgan fingerprint density at radius 2 is 1.92 bits per heavy atom. The maximum absolute atomic E-state index is 11.4. The number of carbonyl (C=O) groups is 1. The molecule has 0 saturated carbocycles. The van der Waals surface area contributed by atoms with E-state index < -0.39 is 23.7 Å². The molecule has 2 N–H and O–H groups in total. The summed E-state index contributed by atoms with van der Waals surface area (Å²) in [6, 6.07) is -0.653. The molecule has 78 valence electrons. The molecule has 0 rings (SSSR count). The average Bonchev–Trinajstić information content (AvgIpc) is 1.82. The van der Waals surface area contributed by atoms with Crippen LogP contribution in [0.1, 0.15) is 27.7 Å². The summed E-state index contributed by atoms with van der Waals surface area (Å²) in [7, 11) is 1.61. The van der Waals surface area contributed by atoms with Gasteiger partial charge >= 0.3 is 5.97 Å². The molecule has 0 fully saturated rings. The van der Waals surface area contributed by atoms with Gasteiger partial charge < -0.3 is 15.2 Å². The van der Waals surface area contributed by atoms with Crippen molar-refractivity contribution in [2.75, 3.05) is 7.05 Å². The van der Waals surface area contributed by atoms with Crippen LogP contribution in [0.25, 0.3) is 0 Å². The fourth-order valence-corrected chi connectivity index (χ4v) is 0.921. The Morgan fingerprint density at radius 3 is 2.15 bits per heavy atom. The van der Waals surface area contributed by atoms with Crippen molar-refractivity contribution in [1.82, 2.24) is 5.32 Å². The first-order chi connectivity index (χ1) is 5.78. The fraction of sp³-hybridized carbons (Fsp3) is 0.889. The van der Waals surface area contributed by atoms with E-state index in [1.807, 2.05) is 0 Å². The molecule has 0 spiro atoms. The quantitative estimate of drug-likeness (QED) is 0.627. The Hall–Kier alpha value is -0.610. The van der Waals surface area contributed by atoms with Gasteiger partial charge in [-0.15, -0.1) is 0 Å². The topological polar surface area (TPSA) is 58.6 Å². The molecule has 0 saturated heterocycles. The summed E-state index contributed by atoms with van der Waals surface area (Å²) in [5.41, 5.74) is -0.513. The number of hydrogen-bond donors (Lipinski definition) is 2. The Labute approximate surface area is 79.3 Å². The maximum atomic E-state index is 11.4. The van der Waals surface area contributed by atoms with Gasteiger partial charge in [-0.2, -0.15) is 0 Å². The summed E-state index contributed by atoms with van der Waals surface area (Å²) in [6.07, 6.45) is -0.750. The van der Waals surface area contributed by atoms with Gasteiger partial charge in [0.15, 0.2) is 0 Å². The molecular formula is C9H19NO3. The monoisotopic (exact) mass is 189 g/mol. The molecule has 0 aliphatic rings. The third-order valence-electron chi connectivity index (χ3n) is 1.45. The Balaban J connectivity index is 4.23. The number of aliphatic hydroxyl groups is 1. The second kappa shape index (κ2) is 4.58. The number of hydrogen-bond acceptors (Lipinski definition) is 4. The molecule has 0 aromatic heterocycles. The Bertz CT molecular complexity index is 172. The van der Waals surface area contributed by atoms with E-state index in [4.69, 9.17) is 4.74 Å². The van der Waals surface area contributed by atoms with Gasteiger partial charge in [0.05, 0.1) is 6.10 Å². The number of ether oxygens (including phenoxy) is 1. The van der Waals surface area contributed by atoms with Crippen LogP contribution in [0.15, 0.2) is 0 Å². The van der Waals surface area contributed by atoms with Crippen LogP contribution in [0.4, 0.5) is 0 Å². The second-order valence-corrected chi connectivity index (χ2v) is 4.04. The van der Waals surface area contributed by atoms with Gasteiger partial charge in [0.2, 0.25) is 0 Å². The van der Waals surface area contributed by atoms with Crippen LogP contribution in [-0.4, -0.2) is 35.9 Å². The number of nitrogens with one attached hydrogen (secondary N) is 1. The molecule has 4 heteroatoms. The normalized spacial score (nSPS) is 16.5. The zero-order valence-corrected chi connectivity index (χ0v) is 8.92. The average molecular weight is 189 g/mol. The molecule has 0 unspecified atom stereocenters. The Morgan fingerprint density at radius 1 is 1.46 bits per heavy atom. The molecule has 0 aliphatic carbocycles. The molecule has 0 bridgehead atoms. The van der Waals surface area contributed by atoms with E-state index in [1.165, 1.54) is 0 Å². The van der Waals surface area contributed by atoms with E-state index in [0.29, 0.717) is 0 Å². The lowest BCUT2D eigenvalue weighted by atomic mass is 10.1. The molecule has 13 heavy (non-hydrogen) atoms. The first kappa shape index (κ1) is 12.4. The highest BCUT2D eigenvalue weighted by atomic mass is 16.6. The van der Waals surface area contributed by atoms with Crippen molar-refractivity contribution in [3.8, 4) is 0 Å². The zero-order valence-electron chi connectivity index (χ0n) is 8.92. The van der Waals surface area contributed by atoms with Crippen LogP contribution in [0.5, 0.6) is 0 Å². The predicted octanol–water partition coefficient (Wildman–Crippen LogP) is 0.297. The third kappa shape index (κ3) is 4.85. The van der Waals surface area contributed by atoms with Gasteiger partial charge in [0.1, 0.15) is 11.6 Å². The number of rotatable bonds is 3. The molecule has 0 aromatic carbocycles. The third-order valence-corrected chi connectivity index (χ3v) is 1.45. The van der Waals surface area contributed by atoms with Crippen molar-refractivity contribution in [2.24, 2.45) is 0 Å². The minimum Gasteiger partial charge on any atom is -0.459 e. The van der Waals surface area contributed by atoms with Crippen molar-refractivity contribution in [1.29, 1.82) is 0 Å². The van der Waals surface area contributed by atoms with E-state index in [-0.39, 0.29) is 0 Å². The van der Waals surface area contributed by atoms with Gasteiger partial charge in [-0.1, -0.05) is 0 Å². The van der Waals surface area contributed by atoms with Crippen molar-refractivity contribution in [2.45, 2.75) is 45.4 Å². The molecular weight excluding hydrogens is 170 g/mol. The summed E-state index contributed by atoms with van der Waals surface area (Å²) in [4.78, 5) is 11.4. The first-order valence-corrected chi connectivity index (χ1v) is 4.36. The SMILES string of the molecule is CN[C@H](C(=O)OC(C)(C)C)[C@@H](C)O. The van der Waals surface area contributed by atoms with Gasteiger partial charge in [0, 0.05) is 0 Å². The number of aliphatic hydroxyl groups excluding tert-OH is 1. The van der Waals surface area contributed by atoms with Gasteiger partial charge in [-0.3, -0.25) is 4.79 Å². The number of esters is 1.